The molecule has 0 bridgehead atoms. The van der Waals surface area contributed by atoms with Crippen molar-refractivity contribution in [2.75, 3.05) is 11.9 Å². The minimum Gasteiger partial charge on any atom is -0.469 e. The lowest BCUT2D eigenvalue weighted by atomic mass is 10.2. The Morgan fingerprint density at radius 2 is 2.18 bits per heavy atom. The van der Waals surface area contributed by atoms with Crippen LogP contribution in [0.2, 0.25) is 0 Å². The van der Waals surface area contributed by atoms with Gasteiger partial charge in [0.05, 0.1) is 31.5 Å². The zero-order valence-electron chi connectivity index (χ0n) is 12.3. The molecule has 0 fully saturated rings. The number of nitrogens with one attached hydrogen (secondary N) is 1. The molecule has 2 N–H and O–H groups in total. The molecule has 2 rings (SSSR count). The molecule has 0 aliphatic carbocycles. The largest absolute Gasteiger partial charge is 0.469 e. The molecule has 0 aliphatic rings. The lowest BCUT2D eigenvalue weighted by molar-refractivity contribution is -0.136. The van der Waals surface area contributed by atoms with E-state index in [1.165, 1.54) is 17.9 Å². The minimum absolute atomic E-state index is 0.159. The fourth-order valence-electron chi connectivity index (χ4n) is 2.23. The van der Waals surface area contributed by atoms with Crippen LogP contribution in [0.25, 0.3) is 11.3 Å². The van der Waals surface area contributed by atoms with Gasteiger partial charge in [0.1, 0.15) is 11.6 Å². The van der Waals surface area contributed by atoms with E-state index in [9.17, 15) is 13.2 Å². The number of rotatable bonds is 6. The highest BCUT2D eigenvalue weighted by molar-refractivity contribution is 5.64. The van der Waals surface area contributed by atoms with E-state index in [1.807, 2.05) is 0 Å². The molecule has 1 unspecified atom stereocenters. The van der Waals surface area contributed by atoms with Crippen molar-refractivity contribution in [2.45, 2.75) is 39.0 Å². The summed E-state index contributed by atoms with van der Waals surface area (Å²) in [6.45, 7) is 3.26. The molecule has 0 radical (unpaired) electrons. The Bertz CT molecular complexity index is 619. The summed E-state index contributed by atoms with van der Waals surface area (Å²) < 4.78 is 43.9. The van der Waals surface area contributed by atoms with Gasteiger partial charge in [0.15, 0.2) is 0 Å². The second-order valence-corrected chi connectivity index (χ2v) is 5.12. The van der Waals surface area contributed by atoms with E-state index in [1.54, 1.807) is 19.1 Å². The molecule has 2 heterocycles. The molecule has 0 saturated heterocycles. The number of alkyl halides is 3. The molecule has 2 aromatic heterocycles. The van der Waals surface area contributed by atoms with Crippen LogP contribution in [0.3, 0.4) is 0 Å². The summed E-state index contributed by atoms with van der Waals surface area (Å²) in [5.74, 6) is 1.10. The van der Waals surface area contributed by atoms with Gasteiger partial charge in [-0.3, -0.25) is 0 Å². The molecular formula is C14H18F3N3O2. The topological polar surface area (TPSA) is 63.2 Å². The first-order chi connectivity index (χ1) is 10.3. The number of aryl methyl sites for hydroxylation is 1. The smallest absolute Gasteiger partial charge is 0.391 e. The Balaban J connectivity index is 2.22. The van der Waals surface area contributed by atoms with Crippen molar-refractivity contribution in [3.8, 4) is 11.3 Å². The summed E-state index contributed by atoms with van der Waals surface area (Å²) in [5, 5.41) is 16.2. The number of hydrogen-bond donors (Lipinski definition) is 2. The van der Waals surface area contributed by atoms with Gasteiger partial charge < -0.3 is 14.8 Å². The van der Waals surface area contributed by atoms with E-state index in [0.717, 1.165) is 5.56 Å². The summed E-state index contributed by atoms with van der Waals surface area (Å²) in [5.41, 5.74) is 1.35. The average Bonchev–Trinajstić information content (AvgIpc) is 2.94. The Hall–Kier alpha value is -1.96. The average molecular weight is 317 g/mol. The van der Waals surface area contributed by atoms with Crippen LogP contribution >= 0.6 is 0 Å². The maximum atomic E-state index is 12.4. The Kier molecular flexibility index (Phi) is 4.80. The molecule has 0 aromatic carbocycles. The van der Waals surface area contributed by atoms with Crippen LogP contribution < -0.4 is 5.32 Å². The number of anilines is 1. The van der Waals surface area contributed by atoms with E-state index in [2.05, 4.69) is 10.4 Å². The SMILES string of the molecule is Cc1occc1-c1cc(NC(C)CC(F)(F)F)n(CCO)n1. The van der Waals surface area contributed by atoms with Crippen LogP contribution in [0.1, 0.15) is 19.1 Å². The number of aromatic nitrogens is 2. The Labute approximate surface area is 125 Å². The zero-order valence-corrected chi connectivity index (χ0v) is 12.3. The van der Waals surface area contributed by atoms with Gasteiger partial charge in [-0.2, -0.15) is 18.3 Å². The number of nitrogens with zero attached hydrogens (tertiary/aromatic N) is 2. The molecular weight excluding hydrogens is 299 g/mol. The zero-order chi connectivity index (χ0) is 16.3. The highest BCUT2D eigenvalue weighted by Crippen LogP contribution is 2.28. The predicted octanol–water partition coefficient (Wildman–Crippen LogP) is 3.20. The predicted molar refractivity (Wildman–Crippen MR) is 75.5 cm³/mol. The van der Waals surface area contributed by atoms with Gasteiger partial charge in [-0.15, -0.1) is 0 Å². The van der Waals surface area contributed by atoms with E-state index in [0.29, 0.717) is 17.3 Å². The summed E-state index contributed by atoms with van der Waals surface area (Å²) >= 11 is 0. The van der Waals surface area contributed by atoms with Gasteiger partial charge in [-0.25, -0.2) is 4.68 Å². The standard InChI is InChI=1S/C14H18F3N3O2/c1-9(8-14(15,16)17)18-13-7-12(19-20(13)4-5-21)11-3-6-22-10(11)2/h3,6-7,9,18,21H,4-5,8H2,1-2H3. The van der Waals surface area contributed by atoms with Crippen LogP contribution in [0.15, 0.2) is 22.8 Å². The molecule has 22 heavy (non-hydrogen) atoms. The summed E-state index contributed by atoms with van der Waals surface area (Å²) in [6, 6.07) is 2.59. The summed E-state index contributed by atoms with van der Waals surface area (Å²) in [7, 11) is 0. The van der Waals surface area contributed by atoms with E-state index in [-0.39, 0.29) is 13.2 Å². The number of aliphatic hydroxyl groups excluding tert-OH is 1. The molecule has 5 nitrogen and oxygen atoms in total. The third-order valence-corrected chi connectivity index (χ3v) is 3.16. The molecule has 0 amide bonds. The highest BCUT2D eigenvalue weighted by Gasteiger charge is 2.30. The summed E-state index contributed by atoms with van der Waals surface area (Å²) in [6.07, 6.45) is -3.66. The molecule has 0 aliphatic heterocycles. The fourth-order valence-corrected chi connectivity index (χ4v) is 2.23. The molecule has 0 spiro atoms. The van der Waals surface area contributed by atoms with Crippen LogP contribution in [-0.2, 0) is 6.54 Å². The lowest BCUT2D eigenvalue weighted by Gasteiger charge is -2.17. The third-order valence-electron chi connectivity index (χ3n) is 3.16. The van der Waals surface area contributed by atoms with Crippen LogP contribution in [0.4, 0.5) is 19.0 Å². The fraction of sp³-hybridized carbons (Fsp3) is 0.500. The summed E-state index contributed by atoms with van der Waals surface area (Å²) in [4.78, 5) is 0. The number of hydrogen-bond acceptors (Lipinski definition) is 4. The first-order valence-electron chi connectivity index (χ1n) is 6.86. The first kappa shape index (κ1) is 16.4. The second-order valence-electron chi connectivity index (χ2n) is 5.12. The molecule has 8 heteroatoms. The highest BCUT2D eigenvalue weighted by atomic mass is 19.4. The van der Waals surface area contributed by atoms with Crippen molar-refractivity contribution in [1.82, 2.24) is 9.78 Å². The maximum Gasteiger partial charge on any atom is 0.391 e. The second kappa shape index (κ2) is 6.43. The Morgan fingerprint density at radius 3 is 2.73 bits per heavy atom. The van der Waals surface area contributed by atoms with Crippen molar-refractivity contribution in [3.63, 3.8) is 0 Å². The van der Waals surface area contributed by atoms with Crippen molar-refractivity contribution in [3.05, 3.63) is 24.2 Å². The van der Waals surface area contributed by atoms with E-state index >= 15 is 0 Å². The van der Waals surface area contributed by atoms with Gasteiger partial charge in [0.2, 0.25) is 0 Å². The normalized spacial score (nSPS) is 13.4. The van der Waals surface area contributed by atoms with E-state index < -0.39 is 18.6 Å². The van der Waals surface area contributed by atoms with Gasteiger partial charge in [0.25, 0.3) is 0 Å². The first-order valence-corrected chi connectivity index (χ1v) is 6.86. The van der Waals surface area contributed by atoms with Crippen molar-refractivity contribution < 1.29 is 22.7 Å². The van der Waals surface area contributed by atoms with Gasteiger partial charge in [-0.1, -0.05) is 0 Å². The van der Waals surface area contributed by atoms with Crippen LogP contribution in [-0.4, -0.2) is 33.7 Å². The quantitative estimate of drug-likeness (QED) is 0.859. The van der Waals surface area contributed by atoms with Crippen molar-refractivity contribution in [1.29, 1.82) is 0 Å². The maximum absolute atomic E-state index is 12.4. The van der Waals surface area contributed by atoms with Crippen molar-refractivity contribution in [2.24, 2.45) is 0 Å². The number of furan rings is 1. The molecule has 0 saturated carbocycles. The monoisotopic (exact) mass is 317 g/mol. The number of halogens is 3. The van der Waals surface area contributed by atoms with Gasteiger partial charge in [0, 0.05) is 17.7 Å². The third kappa shape index (κ3) is 4.03. The van der Waals surface area contributed by atoms with Gasteiger partial charge in [-0.05, 0) is 19.9 Å². The van der Waals surface area contributed by atoms with Crippen LogP contribution in [0.5, 0.6) is 0 Å². The number of aliphatic hydroxyl groups is 1. The van der Waals surface area contributed by atoms with Crippen molar-refractivity contribution >= 4 is 5.82 Å². The molecule has 2 aromatic rings. The van der Waals surface area contributed by atoms with E-state index in [4.69, 9.17) is 9.52 Å². The minimum atomic E-state index is -4.24. The lowest BCUT2D eigenvalue weighted by Crippen LogP contribution is -2.25. The Morgan fingerprint density at radius 1 is 1.45 bits per heavy atom. The molecule has 1 atom stereocenters. The van der Waals surface area contributed by atoms with Crippen LogP contribution in [0, 0.1) is 6.92 Å². The van der Waals surface area contributed by atoms with Gasteiger partial charge >= 0.3 is 6.18 Å². The molecule has 122 valence electrons.